The molecule has 0 amide bonds. The molecule has 7 heteroatoms. The summed E-state index contributed by atoms with van der Waals surface area (Å²) >= 11 is 0. The van der Waals surface area contributed by atoms with Crippen molar-refractivity contribution in [1.82, 2.24) is 10.3 Å². The zero-order chi connectivity index (χ0) is 15.0. The predicted molar refractivity (Wildman–Crippen MR) is 67.8 cm³/mol. The number of morpholine rings is 1. The monoisotopic (exact) mass is 300 g/mol. The van der Waals surface area contributed by atoms with Crippen molar-refractivity contribution in [2.24, 2.45) is 5.92 Å². The number of fused-ring (bicyclic) bond motifs is 2. The van der Waals surface area contributed by atoms with Gasteiger partial charge in [-0.2, -0.15) is 13.2 Å². The van der Waals surface area contributed by atoms with Gasteiger partial charge in [0, 0.05) is 29.8 Å². The third-order valence-corrected chi connectivity index (χ3v) is 3.96. The zero-order valence-electron chi connectivity index (χ0n) is 11.2. The van der Waals surface area contributed by atoms with E-state index in [4.69, 9.17) is 4.74 Å². The number of halogens is 3. The molecule has 2 unspecified atom stereocenters. The van der Waals surface area contributed by atoms with Gasteiger partial charge in [0.25, 0.3) is 0 Å². The van der Waals surface area contributed by atoms with E-state index in [1.807, 2.05) is 0 Å². The molecule has 0 aliphatic carbocycles. The van der Waals surface area contributed by atoms with Crippen LogP contribution in [0, 0.1) is 5.92 Å². The van der Waals surface area contributed by atoms with Crippen LogP contribution in [0.15, 0.2) is 18.3 Å². The van der Waals surface area contributed by atoms with Crippen molar-refractivity contribution in [2.45, 2.75) is 31.1 Å². The molecule has 0 radical (unpaired) electrons. The minimum absolute atomic E-state index is 0.130. The summed E-state index contributed by atoms with van der Waals surface area (Å²) in [6.45, 7) is 1.15. The number of ketones is 1. The molecule has 2 aliphatic rings. The molecule has 2 atom stereocenters. The Labute approximate surface area is 119 Å². The number of hydrogen-bond donors (Lipinski definition) is 1. The number of carbonyl (C=O) groups excluding carboxylic acids is 1. The molecule has 3 rings (SSSR count). The number of pyridine rings is 1. The maximum Gasteiger partial charge on any atom is 0.433 e. The van der Waals surface area contributed by atoms with Crippen LogP contribution in [0.4, 0.5) is 13.2 Å². The van der Waals surface area contributed by atoms with Gasteiger partial charge in [-0.25, -0.2) is 0 Å². The van der Waals surface area contributed by atoms with E-state index < -0.39 is 11.9 Å². The van der Waals surface area contributed by atoms with Crippen LogP contribution in [-0.2, 0) is 10.9 Å². The van der Waals surface area contributed by atoms with E-state index in [1.54, 1.807) is 0 Å². The van der Waals surface area contributed by atoms with Gasteiger partial charge in [0.05, 0.1) is 13.2 Å². The van der Waals surface area contributed by atoms with E-state index in [-0.39, 0.29) is 29.3 Å². The summed E-state index contributed by atoms with van der Waals surface area (Å²) in [5, 5.41) is 3.38. The van der Waals surface area contributed by atoms with Crippen LogP contribution in [0.25, 0.3) is 0 Å². The lowest BCUT2D eigenvalue weighted by Gasteiger charge is -2.39. The minimum atomic E-state index is -4.48. The summed E-state index contributed by atoms with van der Waals surface area (Å²) < 4.78 is 42.8. The van der Waals surface area contributed by atoms with Gasteiger partial charge >= 0.3 is 6.18 Å². The molecule has 0 saturated carbocycles. The largest absolute Gasteiger partial charge is 0.433 e. The van der Waals surface area contributed by atoms with Gasteiger partial charge in [0.2, 0.25) is 0 Å². The van der Waals surface area contributed by atoms with E-state index >= 15 is 0 Å². The summed E-state index contributed by atoms with van der Waals surface area (Å²) in [6, 6.07) is 2.37. The fraction of sp³-hybridized carbons (Fsp3) is 0.571. The Hall–Kier alpha value is -1.47. The number of alkyl halides is 3. The number of ether oxygens (including phenoxy) is 1. The number of carbonyl (C=O) groups is 1. The SMILES string of the molecule is O=C(c1ccc(C(F)(F)F)nc1)C1CC2COCC(C1)N2. The third kappa shape index (κ3) is 3.08. The molecule has 1 N–H and O–H groups in total. The van der Waals surface area contributed by atoms with Gasteiger partial charge in [-0.3, -0.25) is 9.78 Å². The summed E-state index contributed by atoms with van der Waals surface area (Å²) in [4.78, 5) is 15.8. The Morgan fingerprint density at radius 2 is 1.90 bits per heavy atom. The molecule has 2 bridgehead atoms. The highest BCUT2D eigenvalue weighted by molar-refractivity contribution is 5.97. The maximum absolute atomic E-state index is 12.5. The Balaban J connectivity index is 1.73. The lowest BCUT2D eigenvalue weighted by Crippen LogP contribution is -2.55. The van der Waals surface area contributed by atoms with Crippen molar-refractivity contribution in [2.75, 3.05) is 13.2 Å². The molecule has 114 valence electrons. The second kappa shape index (κ2) is 5.38. The third-order valence-electron chi connectivity index (χ3n) is 3.96. The normalized spacial score (nSPS) is 29.2. The van der Waals surface area contributed by atoms with Crippen LogP contribution in [0.3, 0.4) is 0 Å². The highest BCUT2D eigenvalue weighted by Crippen LogP contribution is 2.29. The van der Waals surface area contributed by atoms with Gasteiger partial charge in [-0.05, 0) is 25.0 Å². The Morgan fingerprint density at radius 3 is 2.43 bits per heavy atom. The predicted octanol–water partition coefficient (Wildman–Crippen LogP) is 2.05. The zero-order valence-corrected chi connectivity index (χ0v) is 11.2. The van der Waals surface area contributed by atoms with Crippen molar-refractivity contribution >= 4 is 5.78 Å². The first kappa shape index (κ1) is 14.5. The molecule has 2 aliphatic heterocycles. The summed E-state index contributed by atoms with van der Waals surface area (Å²) in [7, 11) is 0. The molecular formula is C14H15F3N2O2. The minimum Gasteiger partial charge on any atom is -0.378 e. The molecule has 0 aromatic carbocycles. The molecule has 1 aromatic heterocycles. The van der Waals surface area contributed by atoms with Crippen LogP contribution in [0.1, 0.15) is 28.9 Å². The molecule has 2 saturated heterocycles. The number of nitrogens with zero attached hydrogens (tertiary/aromatic N) is 1. The van der Waals surface area contributed by atoms with Crippen molar-refractivity contribution < 1.29 is 22.7 Å². The quantitative estimate of drug-likeness (QED) is 0.849. The van der Waals surface area contributed by atoms with E-state index in [1.165, 1.54) is 6.07 Å². The second-order valence-corrected chi connectivity index (χ2v) is 5.56. The molecule has 0 spiro atoms. The Bertz CT molecular complexity index is 518. The van der Waals surface area contributed by atoms with Crippen molar-refractivity contribution in [3.8, 4) is 0 Å². The first-order valence-electron chi connectivity index (χ1n) is 6.85. The number of nitrogens with one attached hydrogen (secondary N) is 1. The number of aromatic nitrogens is 1. The van der Waals surface area contributed by atoms with E-state index in [0.29, 0.717) is 26.1 Å². The average Bonchev–Trinajstić information content (AvgIpc) is 2.45. The van der Waals surface area contributed by atoms with Crippen LogP contribution < -0.4 is 5.32 Å². The number of rotatable bonds is 2. The van der Waals surface area contributed by atoms with Gasteiger partial charge in [-0.15, -0.1) is 0 Å². The lowest BCUT2D eigenvalue weighted by atomic mass is 9.82. The molecular weight excluding hydrogens is 285 g/mol. The van der Waals surface area contributed by atoms with Crippen molar-refractivity contribution in [1.29, 1.82) is 0 Å². The number of piperidine rings is 1. The van der Waals surface area contributed by atoms with Crippen molar-refractivity contribution in [3.63, 3.8) is 0 Å². The molecule has 2 fully saturated rings. The Morgan fingerprint density at radius 1 is 1.24 bits per heavy atom. The van der Waals surface area contributed by atoms with E-state index in [9.17, 15) is 18.0 Å². The lowest BCUT2D eigenvalue weighted by molar-refractivity contribution is -0.141. The van der Waals surface area contributed by atoms with Crippen LogP contribution >= 0.6 is 0 Å². The topological polar surface area (TPSA) is 51.2 Å². The first-order chi connectivity index (χ1) is 9.93. The average molecular weight is 300 g/mol. The van der Waals surface area contributed by atoms with Gasteiger partial charge < -0.3 is 10.1 Å². The van der Waals surface area contributed by atoms with Crippen LogP contribution in [0.2, 0.25) is 0 Å². The molecule has 1 aromatic rings. The van der Waals surface area contributed by atoms with Crippen molar-refractivity contribution in [3.05, 3.63) is 29.6 Å². The second-order valence-electron chi connectivity index (χ2n) is 5.56. The van der Waals surface area contributed by atoms with Gasteiger partial charge in [0.15, 0.2) is 5.78 Å². The number of hydrogen-bond acceptors (Lipinski definition) is 4. The van der Waals surface area contributed by atoms with Crippen LogP contribution in [0.5, 0.6) is 0 Å². The molecule has 3 heterocycles. The first-order valence-corrected chi connectivity index (χ1v) is 6.85. The fourth-order valence-electron chi connectivity index (χ4n) is 2.99. The summed E-state index contributed by atoms with van der Waals surface area (Å²) in [5.41, 5.74) is -0.733. The summed E-state index contributed by atoms with van der Waals surface area (Å²) in [6.07, 6.45) is -2.16. The molecule has 21 heavy (non-hydrogen) atoms. The van der Waals surface area contributed by atoms with E-state index in [2.05, 4.69) is 10.3 Å². The van der Waals surface area contributed by atoms with Gasteiger partial charge in [-0.1, -0.05) is 0 Å². The smallest absolute Gasteiger partial charge is 0.378 e. The van der Waals surface area contributed by atoms with Crippen LogP contribution in [-0.4, -0.2) is 36.1 Å². The maximum atomic E-state index is 12.5. The van der Waals surface area contributed by atoms with Gasteiger partial charge in [0.1, 0.15) is 5.69 Å². The fourth-order valence-corrected chi connectivity index (χ4v) is 2.99. The summed E-state index contributed by atoms with van der Waals surface area (Å²) in [5.74, 6) is -0.307. The van der Waals surface area contributed by atoms with E-state index in [0.717, 1.165) is 12.3 Å². The number of Topliss-reactive ketones (excluding diaryl/α,β-unsaturated/α-hetero) is 1. The standard InChI is InChI=1S/C14H15F3N2O2/c15-14(16,17)12-2-1-8(5-18-12)13(20)9-3-10-6-21-7-11(4-9)19-10/h1-2,5,9-11,19H,3-4,6-7H2. The Kier molecular flexibility index (Phi) is 3.71. The molecule has 4 nitrogen and oxygen atoms in total. The highest BCUT2D eigenvalue weighted by Gasteiger charge is 2.36. The highest BCUT2D eigenvalue weighted by atomic mass is 19.4.